The van der Waals surface area contributed by atoms with Crippen LogP contribution in [0, 0.1) is 0 Å². The number of anilines is 3. The van der Waals surface area contributed by atoms with Crippen LogP contribution in [0.2, 0.25) is 0 Å². The van der Waals surface area contributed by atoms with Gasteiger partial charge < -0.3 is 29.7 Å². The summed E-state index contributed by atoms with van der Waals surface area (Å²) in [4.78, 5) is 28.6. The van der Waals surface area contributed by atoms with E-state index in [1.165, 1.54) is 0 Å². The van der Waals surface area contributed by atoms with Crippen molar-refractivity contribution >= 4 is 23.3 Å². The van der Waals surface area contributed by atoms with Crippen molar-refractivity contribution in [3.8, 4) is 17.1 Å². The first-order valence-corrected chi connectivity index (χ1v) is 11.9. The Morgan fingerprint density at radius 1 is 1.06 bits per heavy atom. The first kappa shape index (κ1) is 24.9. The van der Waals surface area contributed by atoms with Gasteiger partial charge in [0.15, 0.2) is 23.1 Å². The SMILES string of the molecule is C=C(Nc1ccccc1)Nc1ccc(-c2nc(C(=O)OCC)c(OCC)c(N3CCOCC3)n2)cn1. The molecule has 1 aromatic carbocycles. The van der Waals surface area contributed by atoms with Gasteiger partial charge in [0.05, 0.1) is 26.4 Å². The number of esters is 1. The number of carbonyl (C=O) groups excluding carboxylic acids is 1. The number of morpholine rings is 1. The molecule has 1 aliphatic rings. The summed E-state index contributed by atoms with van der Waals surface area (Å²) in [5.74, 6) is 1.82. The first-order chi connectivity index (χ1) is 17.6. The number of nitrogens with zero attached hydrogens (tertiary/aromatic N) is 4. The van der Waals surface area contributed by atoms with Gasteiger partial charge >= 0.3 is 5.97 Å². The molecule has 0 radical (unpaired) electrons. The largest absolute Gasteiger partial charge is 0.488 e. The smallest absolute Gasteiger partial charge is 0.361 e. The minimum atomic E-state index is -0.561. The summed E-state index contributed by atoms with van der Waals surface area (Å²) in [6, 6.07) is 13.3. The van der Waals surface area contributed by atoms with Crippen LogP contribution in [0.3, 0.4) is 0 Å². The van der Waals surface area contributed by atoms with E-state index in [1.807, 2.05) is 48.2 Å². The highest BCUT2D eigenvalue weighted by molar-refractivity contribution is 5.93. The topological polar surface area (TPSA) is 111 Å². The van der Waals surface area contributed by atoms with Crippen LogP contribution in [0.15, 0.2) is 61.1 Å². The fraction of sp³-hybridized carbons (Fsp3) is 0.308. The number of para-hydroxylation sites is 1. The number of benzene rings is 1. The van der Waals surface area contributed by atoms with Crippen LogP contribution in [0.25, 0.3) is 11.4 Å². The molecule has 0 bridgehead atoms. The second-order valence-electron chi connectivity index (χ2n) is 7.83. The van der Waals surface area contributed by atoms with Crippen molar-refractivity contribution in [2.45, 2.75) is 13.8 Å². The molecule has 1 saturated heterocycles. The van der Waals surface area contributed by atoms with Crippen molar-refractivity contribution in [3.05, 3.63) is 66.8 Å². The highest BCUT2D eigenvalue weighted by atomic mass is 16.5. The van der Waals surface area contributed by atoms with E-state index in [1.54, 1.807) is 19.2 Å². The predicted molar refractivity (Wildman–Crippen MR) is 138 cm³/mol. The normalized spacial score (nSPS) is 13.1. The monoisotopic (exact) mass is 490 g/mol. The molecule has 2 N–H and O–H groups in total. The highest BCUT2D eigenvalue weighted by Crippen LogP contribution is 2.33. The van der Waals surface area contributed by atoms with Crippen LogP contribution in [0.4, 0.5) is 17.3 Å². The van der Waals surface area contributed by atoms with Crippen molar-refractivity contribution in [2.24, 2.45) is 0 Å². The molecule has 3 aromatic rings. The molecule has 10 heteroatoms. The van der Waals surface area contributed by atoms with E-state index < -0.39 is 5.97 Å². The third-order valence-electron chi connectivity index (χ3n) is 5.29. The van der Waals surface area contributed by atoms with E-state index in [0.717, 1.165) is 5.69 Å². The Morgan fingerprint density at radius 2 is 1.83 bits per heavy atom. The molecule has 188 valence electrons. The van der Waals surface area contributed by atoms with Gasteiger partial charge in [0.1, 0.15) is 11.6 Å². The van der Waals surface area contributed by atoms with Crippen LogP contribution in [-0.2, 0) is 9.47 Å². The Bertz CT molecular complexity index is 1180. The molecule has 0 amide bonds. The zero-order valence-corrected chi connectivity index (χ0v) is 20.5. The molecule has 0 aliphatic carbocycles. The molecule has 10 nitrogen and oxygen atoms in total. The molecular weight excluding hydrogens is 460 g/mol. The summed E-state index contributed by atoms with van der Waals surface area (Å²) in [6.07, 6.45) is 1.64. The molecule has 4 rings (SSSR count). The van der Waals surface area contributed by atoms with Crippen molar-refractivity contribution < 1.29 is 19.0 Å². The Balaban J connectivity index is 1.62. The Morgan fingerprint density at radius 3 is 2.50 bits per heavy atom. The van der Waals surface area contributed by atoms with E-state index in [0.29, 0.717) is 67.5 Å². The van der Waals surface area contributed by atoms with E-state index in [2.05, 4.69) is 27.2 Å². The van der Waals surface area contributed by atoms with Gasteiger partial charge in [-0.1, -0.05) is 24.8 Å². The van der Waals surface area contributed by atoms with Gasteiger partial charge in [0, 0.05) is 30.5 Å². The number of hydrogen-bond acceptors (Lipinski definition) is 10. The Hall–Kier alpha value is -4.18. The van der Waals surface area contributed by atoms with Gasteiger partial charge in [-0.3, -0.25) is 0 Å². The van der Waals surface area contributed by atoms with Crippen LogP contribution >= 0.6 is 0 Å². The van der Waals surface area contributed by atoms with Gasteiger partial charge in [0.25, 0.3) is 0 Å². The van der Waals surface area contributed by atoms with Gasteiger partial charge in [-0.05, 0) is 38.1 Å². The molecule has 3 heterocycles. The Kier molecular flexibility index (Phi) is 8.30. The number of rotatable bonds is 10. The van der Waals surface area contributed by atoms with Crippen molar-refractivity contribution in [1.82, 2.24) is 15.0 Å². The van der Waals surface area contributed by atoms with Crippen LogP contribution in [0.5, 0.6) is 5.75 Å². The molecular formula is C26H30N6O4. The maximum Gasteiger partial charge on any atom is 0.361 e. The average Bonchev–Trinajstić information content (AvgIpc) is 2.90. The maximum absolute atomic E-state index is 12.8. The van der Waals surface area contributed by atoms with Crippen LogP contribution in [0.1, 0.15) is 24.3 Å². The summed E-state index contributed by atoms with van der Waals surface area (Å²) in [6.45, 7) is 10.5. The number of hydrogen-bond donors (Lipinski definition) is 2. The number of aromatic nitrogens is 3. The van der Waals surface area contributed by atoms with Gasteiger partial charge in [-0.2, -0.15) is 0 Å². The lowest BCUT2D eigenvalue weighted by atomic mass is 10.2. The lowest BCUT2D eigenvalue weighted by Crippen LogP contribution is -2.37. The van der Waals surface area contributed by atoms with E-state index in [9.17, 15) is 4.79 Å². The number of ether oxygens (including phenoxy) is 3. The zero-order chi connectivity index (χ0) is 25.3. The average molecular weight is 491 g/mol. The van der Waals surface area contributed by atoms with E-state index in [4.69, 9.17) is 19.2 Å². The Labute approximate surface area is 210 Å². The molecule has 2 aromatic heterocycles. The summed E-state index contributed by atoms with van der Waals surface area (Å²) in [5.41, 5.74) is 1.65. The van der Waals surface area contributed by atoms with Crippen molar-refractivity contribution in [3.63, 3.8) is 0 Å². The summed E-state index contributed by atoms with van der Waals surface area (Å²) in [7, 11) is 0. The van der Waals surface area contributed by atoms with Gasteiger partial charge in [-0.25, -0.2) is 19.7 Å². The second kappa shape index (κ2) is 12.0. The third kappa shape index (κ3) is 6.08. The number of carbonyl (C=O) groups is 1. The first-order valence-electron chi connectivity index (χ1n) is 11.9. The molecule has 0 atom stereocenters. The van der Waals surface area contributed by atoms with Gasteiger partial charge in [-0.15, -0.1) is 0 Å². The molecule has 36 heavy (non-hydrogen) atoms. The lowest BCUT2D eigenvalue weighted by Gasteiger charge is -2.29. The summed E-state index contributed by atoms with van der Waals surface area (Å²) in [5, 5.41) is 6.31. The van der Waals surface area contributed by atoms with Crippen LogP contribution < -0.4 is 20.3 Å². The van der Waals surface area contributed by atoms with Gasteiger partial charge in [0.2, 0.25) is 0 Å². The van der Waals surface area contributed by atoms with E-state index >= 15 is 0 Å². The third-order valence-corrected chi connectivity index (χ3v) is 5.29. The minimum absolute atomic E-state index is 0.0906. The zero-order valence-electron chi connectivity index (χ0n) is 20.5. The molecule has 0 unspecified atom stereocenters. The lowest BCUT2D eigenvalue weighted by molar-refractivity contribution is 0.0514. The molecule has 1 fully saturated rings. The van der Waals surface area contributed by atoms with Crippen molar-refractivity contribution in [2.75, 3.05) is 55.1 Å². The fourth-order valence-corrected chi connectivity index (χ4v) is 3.65. The molecule has 0 spiro atoms. The quantitative estimate of drug-likeness (QED) is 0.405. The summed E-state index contributed by atoms with van der Waals surface area (Å²) < 4.78 is 16.6. The number of nitrogens with one attached hydrogen (secondary N) is 2. The van der Waals surface area contributed by atoms with Crippen LogP contribution in [-0.4, -0.2) is 60.4 Å². The second-order valence-corrected chi connectivity index (χ2v) is 7.83. The summed E-state index contributed by atoms with van der Waals surface area (Å²) >= 11 is 0. The minimum Gasteiger partial charge on any atom is -0.488 e. The maximum atomic E-state index is 12.8. The van der Waals surface area contributed by atoms with E-state index in [-0.39, 0.29) is 12.3 Å². The molecule has 1 aliphatic heterocycles. The highest BCUT2D eigenvalue weighted by Gasteiger charge is 2.27. The molecule has 0 saturated carbocycles. The van der Waals surface area contributed by atoms with Crippen molar-refractivity contribution in [1.29, 1.82) is 0 Å². The predicted octanol–water partition coefficient (Wildman–Crippen LogP) is 3.95. The fourth-order valence-electron chi connectivity index (χ4n) is 3.65. The number of pyridine rings is 1. The standard InChI is InChI=1S/C26H30N6O4/c1-4-35-23-22(26(33)36-5-2)30-24(31-25(23)32-13-15-34-16-14-32)19-11-12-21(27-17-19)29-18(3)28-20-9-7-6-8-10-20/h6-12,17,28H,3-5,13-16H2,1-2H3,(H,27,29).